The van der Waals surface area contributed by atoms with Crippen LogP contribution in [0.3, 0.4) is 0 Å². The number of nitrogens with one attached hydrogen (secondary N) is 1. The molecule has 2 aromatic heterocycles. The van der Waals surface area contributed by atoms with Gasteiger partial charge in [0.25, 0.3) is 5.56 Å². The minimum atomic E-state index is -0.457. The summed E-state index contributed by atoms with van der Waals surface area (Å²) < 4.78 is 6.93. The average molecular weight is 401 g/mol. The highest BCUT2D eigenvalue weighted by Gasteiger charge is 2.15. The second-order valence-corrected chi connectivity index (χ2v) is 6.70. The summed E-state index contributed by atoms with van der Waals surface area (Å²) in [6.07, 6.45) is 0. The molecule has 0 unspecified atom stereocenters. The molecule has 2 heterocycles. The normalized spacial score (nSPS) is 11.1. The molecular weight excluding hydrogens is 387 g/mol. The third-order valence-electron chi connectivity index (χ3n) is 4.14. The lowest BCUT2D eigenvalue weighted by molar-refractivity contribution is 0.299. The van der Waals surface area contributed by atoms with E-state index in [0.717, 1.165) is 15.6 Å². The fourth-order valence-corrected chi connectivity index (χ4v) is 3.00. The van der Waals surface area contributed by atoms with E-state index in [4.69, 9.17) is 27.9 Å². The maximum Gasteiger partial charge on any atom is 0.294 e. The van der Waals surface area contributed by atoms with Crippen LogP contribution in [-0.2, 0) is 6.61 Å². The van der Waals surface area contributed by atoms with E-state index in [0.29, 0.717) is 28.1 Å². The number of rotatable bonds is 4. The smallest absolute Gasteiger partial charge is 0.294 e. The third kappa shape index (κ3) is 3.29. The summed E-state index contributed by atoms with van der Waals surface area (Å²) >= 11 is 12.3. The summed E-state index contributed by atoms with van der Waals surface area (Å²) in [5, 5.41) is 4.86. The lowest BCUT2D eigenvalue weighted by atomic mass is 10.2. The molecule has 0 radical (unpaired) electrons. The Kier molecular flexibility index (Phi) is 4.59. The lowest BCUT2D eigenvalue weighted by Gasteiger charge is -2.11. The van der Waals surface area contributed by atoms with Crippen LogP contribution in [0.25, 0.3) is 17.2 Å². The SMILES string of the molecule is Cc1c(Cl)cccc1OCc1[nH]c2nc(-c3ccccc3)nn2c(=O)c1Cl. The van der Waals surface area contributed by atoms with Gasteiger partial charge in [-0.1, -0.05) is 59.6 Å². The lowest BCUT2D eigenvalue weighted by Crippen LogP contribution is -2.19. The van der Waals surface area contributed by atoms with E-state index in [9.17, 15) is 4.79 Å². The molecule has 1 N–H and O–H groups in total. The predicted molar refractivity (Wildman–Crippen MR) is 105 cm³/mol. The highest BCUT2D eigenvalue weighted by Crippen LogP contribution is 2.26. The Bertz CT molecular complexity index is 1190. The Hall–Kier alpha value is -2.83. The third-order valence-corrected chi connectivity index (χ3v) is 4.94. The first kappa shape index (κ1) is 17.6. The predicted octanol–water partition coefficient (Wildman–Crippen LogP) is 4.28. The second kappa shape index (κ2) is 7.06. The summed E-state index contributed by atoms with van der Waals surface area (Å²) in [6.45, 7) is 1.93. The zero-order valence-corrected chi connectivity index (χ0v) is 15.8. The van der Waals surface area contributed by atoms with Crippen molar-refractivity contribution in [2.75, 3.05) is 0 Å². The molecule has 4 aromatic rings. The Morgan fingerprint density at radius 3 is 2.67 bits per heavy atom. The van der Waals surface area contributed by atoms with Gasteiger partial charge in [0, 0.05) is 16.1 Å². The van der Waals surface area contributed by atoms with Crippen molar-refractivity contribution in [2.24, 2.45) is 0 Å². The number of nitrogens with zero attached hydrogens (tertiary/aromatic N) is 3. The fourth-order valence-electron chi connectivity index (χ4n) is 2.65. The highest BCUT2D eigenvalue weighted by atomic mass is 35.5. The Morgan fingerprint density at radius 1 is 1.11 bits per heavy atom. The molecule has 8 heteroatoms. The van der Waals surface area contributed by atoms with E-state index in [1.54, 1.807) is 18.2 Å². The van der Waals surface area contributed by atoms with Gasteiger partial charge in [-0.05, 0) is 19.1 Å². The maximum absolute atomic E-state index is 12.6. The van der Waals surface area contributed by atoms with Gasteiger partial charge in [-0.15, -0.1) is 5.10 Å². The molecule has 4 rings (SSSR count). The van der Waals surface area contributed by atoms with Gasteiger partial charge in [0.1, 0.15) is 17.4 Å². The van der Waals surface area contributed by atoms with Crippen molar-refractivity contribution < 1.29 is 4.74 Å². The maximum atomic E-state index is 12.6. The van der Waals surface area contributed by atoms with Crippen molar-refractivity contribution in [2.45, 2.75) is 13.5 Å². The van der Waals surface area contributed by atoms with Gasteiger partial charge in [0.15, 0.2) is 5.82 Å². The Balaban J connectivity index is 1.70. The molecule has 0 saturated heterocycles. The molecule has 0 aliphatic rings. The molecule has 6 nitrogen and oxygen atoms in total. The van der Waals surface area contributed by atoms with Gasteiger partial charge in [-0.2, -0.15) is 9.50 Å². The van der Waals surface area contributed by atoms with Gasteiger partial charge in [0.05, 0.1) is 5.69 Å². The first-order valence-electron chi connectivity index (χ1n) is 8.15. The molecule has 0 atom stereocenters. The highest BCUT2D eigenvalue weighted by molar-refractivity contribution is 6.31. The number of hydrogen-bond acceptors (Lipinski definition) is 4. The molecule has 0 spiro atoms. The number of aromatic amines is 1. The van der Waals surface area contributed by atoms with Gasteiger partial charge in [0.2, 0.25) is 5.78 Å². The van der Waals surface area contributed by atoms with Gasteiger partial charge in [-0.25, -0.2) is 0 Å². The zero-order valence-electron chi connectivity index (χ0n) is 14.2. The standard InChI is InChI=1S/C19H14Cl2N4O2/c1-11-13(20)8-5-9-15(11)27-10-14-16(21)18(26)25-19(22-14)23-17(24-25)12-6-3-2-4-7-12/h2-9H,10H2,1H3,(H,22,23,24). The van der Waals surface area contributed by atoms with Gasteiger partial charge >= 0.3 is 0 Å². The quantitative estimate of drug-likeness (QED) is 0.554. The minimum Gasteiger partial charge on any atom is -0.487 e. The largest absolute Gasteiger partial charge is 0.487 e. The van der Waals surface area contributed by atoms with E-state index in [1.807, 2.05) is 37.3 Å². The molecule has 0 bridgehead atoms. The summed E-state index contributed by atoms with van der Waals surface area (Å²) in [5.74, 6) is 1.35. The van der Waals surface area contributed by atoms with Crippen molar-refractivity contribution in [1.29, 1.82) is 0 Å². The molecule has 0 aliphatic carbocycles. The van der Waals surface area contributed by atoms with E-state index in [2.05, 4.69) is 15.1 Å². The molecule has 0 aliphatic heterocycles. The van der Waals surface area contributed by atoms with Crippen LogP contribution in [0.4, 0.5) is 0 Å². The minimum absolute atomic E-state index is 0.00620. The topological polar surface area (TPSA) is 72.3 Å². The molecule has 0 saturated carbocycles. The average Bonchev–Trinajstić information content (AvgIpc) is 3.11. The second-order valence-electron chi connectivity index (χ2n) is 5.91. The van der Waals surface area contributed by atoms with Crippen LogP contribution in [0.1, 0.15) is 11.3 Å². The van der Waals surface area contributed by atoms with Crippen molar-refractivity contribution in [3.8, 4) is 17.1 Å². The van der Waals surface area contributed by atoms with Crippen LogP contribution >= 0.6 is 23.2 Å². The van der Waals surface area contributed by atoms with Crippen molar-refractivity contribution in [3.63, 3.8) is 0 Å². The Morgan fingerprint density at radius 2 is 1.89 bits per heavy atom. The van der Waals surface area contributed by atoms with Crippen molar-refractivity contribution >= 4 is 29.0 Å². The van der Waals surface area contributed by atoms with Crippen molar-refractivity contribution in [3.05, 3.63) is 80.2 Å². The molecule has 0 amide bonds. The van der Waals surface area contributed by atoms with Crippen LogP contribution in [0.15, 0.2) is 53.3 Å². The van der Waals surface area contributed by atoms with Gasteiger partial charge < -0.3 is 9.72 Å². The molecular formula is C19H14Cl2N4O2. The van der Waals surface area contributed by atoms with Crippen LogP contribution in [0.2, 0.25) is 10.0 Å². The summed E-state index contributed by atoms with van der Waals surface area (Å²) in [4.78, 5) is 20.0. The number of H-pyrrole nitrogens is 1. The first-order chi connectivity index (χ1) is 13.0. The molecule has 27 heavy (non-hydrogen) atoms. The van der Waals surface area contributed by atoms with Crippen LogP contribution in [0.5, 0.6) is 5.75 Å². The number of halogens is 2. The van der Waals surface area contributed by atoms with Crippen LogP contribution in [-0.4, -0.2) is 19.6 Å². The van der Waals surface area contributed by atoms with Crippen LogP contribution < -0.4 is 10.3 Å². The van der Waals surface area contributed by atoms with Crippen molar-refractivity contribution in [1.82, 2.24) is 19.6 Å². The summed E-state index contributed by atoms with van der Waals surface area (Å²) in [5.41, 5.74) is 1.58. The van der Waals surface area contributed by atoms with E-state index in [1.165, 1.54) is 0 Å². The molecule has 0 fully saturated rings. The number of hydrogen-bond donors (Lipinski definition) is 1. The number of fused-ring (bicyclic) bond motifs is 1. The van der Waals surface area contributed by atoms with E-state index in [-0.39, 0.29) is 11.6 Å². The zero-order chi connectivity index (χ0) is 19.0. The molecule has 136 valence electrons. The van der Waals surface area contributed by atoms with Crippen LogP contribution in [0, 0.1) is 6.92 Å². The fraction of sp³-hybridized carbons (Fsp3) is 0.105. The summed E-state index contributed by atoms with van der Waals surface area (Å²) in [6, 6.07) is 14.8. The first-order valence-corrected chi connectivity index (χ1v) is 8.91. The Labute approximate surface area is 164 Å². The van der Waals surface area contributed by atoms with E-state index < -0.39 is 5.56 Å². The van der Waals surface area contributed by atoms with E-state index >= 15 is 0 Å². The summed E-state index contributed by atoms with van der Waals surface area (Å²) in [7, 11) is 0. The molecule has 2 aromatic carbocycles. The number of ether oxygens (including phenoxy) is 1. The number of aromatic nitrogens is 4. The van der Waals surface area contributed by atoms with Gasteiger partial charge in [-0.3, -0.25) is 4.79 Å². The monoisotopic (exact) mass is 400 g/mol. The number of benzene rings is 2.